The molecule has 0 bridgehead atoms. The van der Waals surface area contributed by atoms with Crippen LogP contribution in [0.2, 0.25) is 0 Å². The molecule has 1 unspecified atom stereocenters. The Kier molecular flexibility index (Phi) is 5.57. The molecule has 1 aromatic rings. The summed E-state index contributed by atoms with van der Waals surface area (Å²) < 4.78 is 28.4. The van der Waals surface area contributed by atoms with Crippen molar-refractivity contribution in [2.75, 3.05) is 48.5 Å². The van der Waals surface area contributed by atoms with E-state index in [4.69, 9.17) is 4.74 Å². The van der Waals surface area contributed by atoms with Gasteiger partial charge in [-0.25, -0.2) is 18.4 Å². The number of methoxy groups -OCH3 is 1. The van der Waals surface area contributed by atoms with Crippen LogP contribution in [0.15, 0.2) is 6.07 Å². The molecule has 0 saturated carbocycles. The van der Waals surface area contributed by atoms with Crippen molar-refractivity contribution in [2.45, 2.75) is 26.3 Å². The van der Waals surface area contributed by atoms with Crippen LogP contribution in [0.3, 0.4) is 0 Å². The third-order valence-electron chi connectivity index (χ3n) is 3.72. The van der Waals surface area contributed by atoms with Gasteiger partial charge in [0.2, 0.25) is 0 Å². The first kappa shape index (κ1) is 17.0. The normalized spacial score (nSPS) is 20.0. The minimum absolute atomic E-state index is 0.00359. The minimum atomic E-state index is -2.91. The lowest BCUT2D eigenvalue weighted by Crippen LogP contribution is -2.37. The highest BCUT2D eigenvalue weighted by atomic mass is 32.2. The van der Waals surface area contributed by atoms with Crippen molar-refractivity contribution < 1.29 is 13.2 Å². The Morgan fingerprint density at radius 3 is 2.82 bits per heavy atom. The molecular weight excluding hydrogens is 304 g/mol. The van der Waals surface area contributed by atoms with E-state index < -0.39 is 9.84 Å². The van der Waals surface area contributed by atoms with Crippen molar-refractivity contribution in [2.24, 2.45) is 0 Å². The van der Waals surface area contributed by atoms with Crippen molar-refractivity contribution in [3.8, 4) is 0 Å². The summed E-state index contributed by atoms with van der Waals surface area (Å²) in [6.07, 6.45) is 0.658. The molecule has 1 atom stereocenters. The maximum atomic E-state index is 11.7. The maximum Gasteiger partial charge on any atom is 0.152 e. The second-order valence-corrected chi connectivity index (χ2v) is 7.65. The topological polar surface area (TPSA) is 84.4 Å². The second kappa shape index (κ2) is 7.23. The van der Waals surface area contributed by atoms with E-state index in [0.29, 0.717) is 31.9 Å². The van der Waals surface area contributed by atoms with Gasteiger partial charge in [-0.2, -0.15) is 0 Å². The average molecular weight is 328 g/mol. The highest BCUT2D eigenvalue weighted by Crippen LogP contribution is 2.24. The van der Waals surface area contributed by atoms with Crippen molar-refractivity contribution in [3.05, 3.63) is 11.9 Å². The van der Waals surface area contributed by atoms with Crippen LogP contribution in [-0.4, -0.2) is 62.7 Å². The zero-order valence-corrected chi connectivity index (χ0v) is 14.2. The molecule has 0 aliphatic carbocycles. The molecule has 1 aliphatic rings. The first-order chi connectivity index (χ1) is 10.4. The predicted octanol–water partition coefficient (Wildman–Crippen LogP) is 0.857. The molecule has 0 radical (unpaired) electrons. The quantitative estimate of drug-likeness (QED) is 0.743. The van der Waals surface area contributed by atoms with E-state index in [0.717, 1.165) is 11.6 Å². The van der Waals surface area contributed by atoms with E-state index in [1.54, 1.807) is 7.11 Å². The molecule has 0 spiro atoms. The number of ether oxygens (including phenoxy) is 1. The molecule has 8 heteroatoms. The Hall–Kier alpha value is -1.41. The third kappa shape index (κ3) is 4.30. The summed E-state index contributed by atoms with van der Waals surface area (Å²) >= 11 is 0. The van der Waals surface area contributed by atoms with Crippen molar-refractivity contribution in [1.29, 1.82) is 0 Å². The largest absolute Gasteiger partial charge is 0.383 e. The average Bonchev–Trinajstić information content (AvgIpc) is 2.79. The molecule has 2 rings (SSSR count). The van der Waals surface area contributed by atoms with Gasteiger partial charge in [-0.15, -0.1) is 0 Å². The molecule has 7 nitrogen and oxygen atoms in total. The molecule has 124 valence electrons. The number of nitrogens with one attached hydrogen (secondary N) is 1. The molecule has 1 aromatic heterocycles. The summed E-state index contributed by atoms with van der Waals surface area (Å²) in [6, 6.07) is 1.87. The third-order valence-corrected chi connectivity index (χ3v) is 5.47. The summed E-state index contributed by atoms with van der Waals surface area (Å²) in [7, 11) is -1.26. The number of hydrogen-bond donors (Lipinski definition) is 1. The lowest BCUT2D eigenvalue weighted by molar-refractivity contribution is 0.210. The number of aromatic nitrogens is 2. The smallest absolute Gasteiger partial charge is 0.152 e. The Labute approximate surface area is 132 Å². The van der Waals surface area contributed by atoms with E-state index >= 15 is 0 Å². The molecule has 1 saturated heterocycles. The van der Waals surface area contributed by atoms with Crippen LogP contribution in [0.4, 0.5) is 11.6 Å². The summed E-state index contributed by atoms with van der Waals surface area (Å²) in [4.78, 5) is 10.9. The highest BCUT2D eigenvalue weighted by Gasteiger charge is 2.32. The predicted molar refractivity (Wildman–Crippen MR) is 87.2 cm³/mol. The van der Waals surface area contributed by atoms with Gasteiger partial charge in [-0.3, -0.25) is 0 Å². The van der Waals surface area contributed by atoms with Gasteiger partial charge in [-0.1, -0.05) is 0 Å². The number of sulfone groups is 1. The summed E-state index contributed by atoms with van der Waals surface area (Å²) in [5, 5.41) is 3.19. The number of anilines is 2. The number of rotatable bonds is 7. The standard InChI is InChI=1S/C14H24N4O3S/c1-4-18(12-5-8-22(19,20)10-12)14-9-13(15-6-7-21-3)16-11(2)17-14/h9,12H,4-8,10H2,1-3H3,(H,15,16,17). The van der Waals surface area contributed by atoms with Gasteiger partial charge >= 0.3 is 0 Å². The minimum Gasteiger partial charge on any atom is -0.383 e. The lowest BCUT2D eigenvalue weighted by atomic mass is 10.2. The molecule has 22 heavy (non-hydrogen) atoms. The van der Waals surface area contributed by atoms with Crippen LogP contribution in [0.5, 0.6) is 0 Å². The van der Waals surface area contributed by atoms with Crippen molar-refractivity contribution >= 4 is 21.5 Å². The Balaban J connectivity index is 2.18. The van der Waals surface area contributed by atoms with E-state index in [1.807, 2.05) is 19.9 Å². The van der Waals surface area contributed by atoms with Crippen LogP contribution in [0.1, 0.15) is 19.2 Å². The molecule has 2 heterocycles. The van der Waals surface area contributed by atoms with Crippen LogP contribution < -0.4 is 10.2 Å². The summed E-state index contributed by atoms with van der Waals surface area (Å²) in [5.74, 6) is 2.64. The van der Waals surface area contributed by atoms with Crippen molar-refractivity contribution in [3.63, 3.8) is 0 Å². The molecule has 1 N–H and O–H groups in total. The zero-order valence-electron chi connectivity index (χ0n) is 13.4. The fourth-order valence-electron chi connectivity index (χ4n) is 2.70. The van der Waals surface area contributed by atoms with Crippen LogP contribution in [-0.2, 0) is 14.6 Å². The highest BCUT2D eigenvalue weighted by molar-refractivity contribution is 7.91. The molecule has 0 amide bonds. The van der Waals surface area contributed by atoms with Gasteiger partial charge in [0.05, 0.1) is 18.1 Å². The van der Waals surface area contributed by atoms with Crippen LogP contribution in [0, 0.1) is 6.92 Å². The van der Waals surface area contributed by atoms with E-state index in [9.17, 15) is 8.42 Å². The monoisotopic (exact) mass is 328 g/mol. The molecular formula is C14H24N4O3S. The van der Waals surface area contributed by atoms with Gasteiger partial charge in [0.25, 0.3) is 0 Å². The summed E-state index contributed by atoms with van der Waals surface area (Å²) in [6.45, 7) is 5.83. The van der Waals surface area contributed by atoms with E-state index in [2.05, 4.69) is 20.2 Å². The van der Waals surface area contributed by atoms with E-state index in [1.165, 1.54) is 0 Å². The number of aryl methyl sites for hydroxylation is 1. The van der Waals surface area contributed by atoms with Gasteiger partial charge in [0.1, 0.15) is 17.5 Å². The second-order valence-electron chi connectivity index (χ2n) is 5.42. The first-order valence-electron chi connectivity index (χ1n) is 7.50. The number of nitrogens with zero attached hydrogens (tertiary/aromatic N) is 3. The lowest BCUT2D eigenvalue weighted by Gasteiger charge is -2.28. The maximum absolute atomic E-state index is 11.7. The zero-order chi connectivity index (χ0) is 16.2. The van der Waals surface area contributed by atoms with Crippen LogP contribution in [0.25, 0.3) is 0 Å². The van der Waals surface area contributed by atoms with Crippen molar-refractivity contribution in [1.82, 2.24) is 9.97 Å². The van der Waals surface area contributed by atoms with Gasteiger partial charge < -0.3 is 15.0 Å². The molecule has 1 fully saturated rings. The SMILES string of the molecule is CCN(c1cc(NCCOC)nc(C)n1)C1CCS(=O)(=O)C1. The summed E-state index contributed by atoms with van der Waals surface area (Å²) in [5.41, 5.74) is 0. The first-order valence-corrected chi connectivity index (χ1v) is 9.33. The Morgan fingerprint density at radius 1 is 1.45 bits per heavy atom. The molecule has 1 aliphatic heterocycles. The molecule has 0 aromatic carbocycles. The fraction of sp³-hybridized carbons (Fsp3) is 0.714. The Morgan fingerprint density at radius 2 is 2.23 bits per heavy atom. The number of hydrogen-bond acceptors (Lipinski definition) is 7. The van der Waals surface area contributed by atoms with Crippen LogP contribution >= 0.6 is 0 Å². The fourth-order valence-corrected chi connectivity index (χ4v) is 4.43. The van der Waals surface area contributed by atoms with E-state index in [-0.39, 0.29) is 17.5 Å². The van der Waals surface area contributed by atoms with Gasteiger partial charge in [0.15, 0.2) is 9.84 Å². The van der Waals surface area contributed by atoms with Gasteiger partial charge in [-0.05, 0) is 20.3 Å². The van der Waals surface area contributed by atoms with Gasteiger partial charge in [0, 0.05) is 32.3 Å². The Bertz CT molecular complexity index is 606.